The number of carbonyl (C=O) groups is 2. The number of ether oxygens (including phenoxy) is 1. The average molecular weight is 552 g/mol. The largest absolute Gasteiger partial charge is 0.460 e. The molecule has 10 heteroatoms. The number of hydrogen-bond acceptors (Lipinski definition) is 6. The highest BCUT2D eigenvalue weighted by Gasteiger charge is 2.23. The molecule has 0 saturated carbocycles. The summed E-state index contributed by atoms with van der Waals surface area (Å²) in [5, 5.41) is 7.27. The third-order valence-electron chi connectivity index (χ3n) is 6.60. The highest BCUT2D eigenvalue weighted by Crippen LogP contribution is 2.26. The first-order chi connectivity index (χ1) is 19.7. The smallest absolute Gasteiger partial charge is 0.331 e. The summed E-state index contributed by atoms with van der Waals surface area (Å²) in [5.41, 5.74) is 2.96. The van der Waals surface area contributed by atoms with E-state index in [1.807, 2.05) is 67.6 Å². The van der Waals surface area contributed by atoms with Gasteiger partial charge in [0.15, 0.2) is 11.9 Å². The fourth-order valence-corrected chi connectivity index (χ4v) is 4.34. The highest BCUT2D eigenvalue weighted by molar-refractivity contribution is 5.97. The molecule has 1 N–H and O–H groups in total. The quantitative estimate of drug-likeness (QED) is 0.219. The van der Waals surface area contributed by atoms with Crippen LogP contribution in [0.2, 0.25) is 0 Å². The van der Waals surface area contributed by atoms with E-state index in [1.165, 1.54) is 17.7 Å². The van der Waals surface area contributed by atoms with Gasteiger partial charge < -0.3 is 14.5 Å². The Morgan fingerprint density at radius 1 is 0.976 bits per heavy atom. The predicted octanol–water partition coefficient (Wildman–Crippen LogP) is 4.82. The van der Waals surface area contributed by atoms with Crippen LogP contribution in [0.3, 0.4) is 0 Å². The molecule has 1 atom stereocenters. The monoisotopic (exact) mass is 551 g/mol. The van der Waals surface area contributed by atoms with Gasteiger partial charge in [0.25, 0.3) is 11.5 Å². The standard InChI is InChI=1S/C31H29N5O5/c1-20-15-17-26(40-20)29-23(19-35(33-29)24-11-7-5-8-12-24)16-18-27(37)41-22(3)30(38)32-28-21(2)34(4)36(31(28)39)25-13-9-6-10-14-25/h5-19,22H,1-4H3,(H,32,38). The van der Waals surface area contributed by atoms with E-state index in [1.54, 1.807) is 47.7 Å². The summed E-state index contributed by atoms with van der Waals surface area (Å²) < 4.78 is 15.9. The van der Waals surface area contributed by atoms with Gasteiger partial charge in [-0.1, -0.05) is 36.4 Å². The first kappa shape index (κ1) is 27.2. The summed E-state index contributed by atoms with van der Waals surface area (Å²) in [4.78, 5) is 38.7. The lowest BCUT2D eigenvalue weighted by atomic mass is 10.2. The Kier molecular flexibility index (Phi) is 7.55. The number of amides is 1. The Morgan fingerprint density at radius 2 is 1.63 bits per heavy atom. The molecule has 3 heterocycles. The van der Waals surface area contributed by atoms with Crippen molar-refractivity contribution in [1.82, 2.24) is 19.1 Å². The van der Waals surface area contributed by atoms with Gasteiger partial charge in [-0.25, -0.2) is 14.2 Å². The lowest BCUT2D eigenvalue weighted by molar-refractivity contribution is -0.148. The number of aryl methyl sites for hydroxylation is 1. The number of para-hydroxylation sites is 2. The first-order valence-electron chi connectivity index (χ1n) is 13.0. The molecule has 208 valence electrons. The van der Waals surface area contributed by atoms with E-state index in [2.05, 4.69) is 10.4 Å². The molecule has 2 aromatic carbocycles. The van der Waals surface area contributed by atoms with Crippen molar-refractivity contribution < 1.29 is 18.7 Å². The first-order valence-corrected chi connectivity index (χ1v) is 13.0. The van der Waals surface area contributed by atoms with Gasteiger partial charge in [0, 0.05) is 24.9 Å². The molecule has 0 aliphatic rings. The van der Waals surface area contributed by atoms with Gasteiger partial charge in [0.05, 0.1) is 17.1 Å². The van der Waals surface area contributed by atoms with Gasteiger partial charge in [0.1, 0.15) is 17.1 Å². The van der Waals surface area contributed by atoms with E-state index in [4.69, 9.17) is 9.15 Å². The lowest BCUT2D eigenvalue weighted by Gasteiger charge is -2.11. The molecule has 0 aliphatic carbocycles. The Balaban J connectivity index is 1.31. The van der Waals surface area contributed by atoms with Crippen LogP contribution in [0, 0.1) is 13.8 Å². The molecular formula is C31H29N5O5. The molecule has 0 aliphatic heterocycles. The van der Waals surface area contributed by atoms with Gasteiger partial charge in [-0.3, -0.25) is 14.3 Å². The van der Waals surface area contributed by atoms with E-state index >= 15 is 0 Å². The normalized spacial score (nSPS) is 12.0. The molecule has 0 fully saturated rings. The van der Waals surface area contributed by atoms with E-state index in [0.29, 0.717) is 28.4 Å². The Bertz CT molecular complexity index is 1790. The minimum Gasteiger partial charge on any atom is -0.460 e. The molecule has 1 unspecified atom stereocenters. The third kappa shape index (κ3) is 5.67. The molecule has 10 nitrogen and oxygen atoms in total. The molecule has 1 amide bonds. The van der Waals surface area contributed by atoms with E-state index in [0.717, 1.165) is 11.4 Å². The Labute approximate surface area is 236 Å². The SMILES string of the molecule is Cc1ccc(-c2nn(-c3ccccc3)cc2C=CC(=O)OC(C)C(=O)Nc2c(C)n(C)n(-c3ccccc3)c2=O)o1. The van der Waals surface area contributed by atoms with Crippen LogP contribution < -0.4 is 10.9 Å². The van der Waals surface area contributed by atoms with Crippen LogP contribution in [-0.4, -0.2) is 37.1 Å². The Hall–Kier alpha value is -5.38. The number of benzene rings is 2. The van der Waals surface area contributed by atoms with Gasteiger partial charge in [0.2, 0.25) is 0 Å². The number of rotatable bonds is 8. The second-order valence-electron chi connectivity index (χ2n) is 9.46. The second kappa shape index (κ2) is 11.4. The summed E-state index contributed by atoms with van der Waals surface area (Å²) in [6, 6.07) is 22.3. The molecule has 3 aromatic heterocycles. The maximum absolute atomic E-state index is 13.1. The minimum atomic E-state index is -1.16. The summed E-state index contributed by atoms with van der Waals surface area (Å²) in [7, 11) is 1.73. The third-order valence-corrected chi connectivity index (χ3v) is 6.60. The molecule has 5 rings (SSSR count). The predicted molar refractivity (Wildman–Crippen MR) is 155 cm³/mol. The van der Waals surface area contributed by atoms with Gasteiger partial charge in [-0.2, -0.15) is 5.10 Å². The van der Waals surface area contributed by atoms with Gasteiger partial charge in [-0.15, -0.1) is 0 Å². The summed E-state index contributed by atoms with van der Waals surface area (Å²) >= 11 is 0. The topological polar surface area (TPSA) is 113 Å². The number of esters is 1. The van der Waals surface area contributed by atoms with Crippen LogP contribution in [0.1, 0.15) is 23.9 Å². The van der Waals surface area contributed by atoms with Crippen molar-refractivity contribution in [2.45, 2.75) is 26.9 Å². The fraction of sp³-hybridized carbons (Fsp3) is 0.161. The zero-order valence-electron chi connectivity index (χ0n) is 23.1. The number of aromatic nitrogens is 4. The minimum absolute atomic E-state index is 0.117. The van der Waals surface area contributed by atoms with Crippen molar-refractivity contribution in [2.75, 3.05) is 5.32 Å². The fourth-order valence-electron chi connectivity index (χ4n) is 4.34. The Morgan fingerprint density at radius 3 is 2.27 bits per heavy atom. The van der Waals surface area contributed by atoms with Crippen LogP contribution >= 0.6 is 0 Å². The zero-order chi connectivity index (χ0) is 29.1. The molecule has 0 spiro atoms. The number of nitrogens with zero attached hydrogens (tertiary/aromatic N) is 4. The number of hydrogen-bond donors (Lipinski definition) is 1. The zero-order valence-corrected chi connectivity index (χ0v) is 23.1. The van der Waals surface area contributed by atoms with Crippen LogP contribution in [0.15, 0.2) is 94.3 Å². The van der Waals surface area contributed by atoms with Crippen molar-refractivity contribution >= 4 is 23.6 Å². The summed E-state index contributed by atoms with van der Waals surface area (Å²) in [6.45, 7) is 5.01. The van der Waals surface area contributed by atoms with E-state index in [-0.39, 0.29) is 11.2 Å². The number of carbonyl (C=O) groups excluding carboxylic acids is 2. The second-order valence-corrected chi connectivity index (χ2v) is 9.46. The summed E-state index contributed by atoms with van der Waals surface area (Å²) in [5.74, 6) is -0.0699. The summed E-state index contributed by atoms with van der Waals surface area (Å²) in [6.07, 6.45) is 3.41. The molecular weight excluding hydrogens is 522 g/mol. The number of nitrogens with one attached hydrogen (secondary N) is 1. The molecule has 0 saturated heterocycles. The number of anilines is 1. The lowest BCUT2D eigenvalue weighted by Crippen LogP contribution is -2.31. The van der Waals surface area contributed by atoms with E-state index < -0.39 is 18.0 Å². The maximum Gasteiger partial charge on any atom is 0.331 e. The van der Waals surface area contributed by atoms with Crippen molar-refractivity contribution in [1.29, 1.82) is 0 Å². The molecule has 41 heavy (non-hydrogen) atoms. The van der Waals surface area contributed by atoms with Crippen LogP contribution in [-0.2, 0) is 21.4 Å². The van der Waals surface area contributed by atoms with Crippen LogP contribution in [0.5, 0.6) is 0 Å². The average Bonchev–Trinajstić information content (AvgIpc) is 3.66. The van der Waals surface area contributed by atoms with Gasteiger partial charge in [-0.05, 0) is 63.2 Å². The maximum atomic E-state index is 13.1. The van der Waals surface area contributed by atoms with Gasteiger partial charge >= 0.3 is 5.97 Å². The van der Waals surface area contributed by atoms with Crippen molar-refractivity contribution in [2.24, 2.45) is 7.05 Å². The number of furan rings is 1. The van der Waals surface area contributed by atoms with Crippen molar-refractivity contribution in [3.63, 3.8) is 0 Å². The molecule has 5 aromatic rings. The van der Waals surface area contributed by atoms with Crippen LogP contribution in [0.25, 0.3) is 28.9 Å². The molecule has 0 bridgehead atoms. The van der Waals surface area contributed by atoms with Crippen molar-refractivity contribution in [3.8, 4) is 22.8 Å². The highest BCUT2D eigenvalue weighted by atomic mass is 16.5. The van der Waals surface area contributed by atoms with Crippen molar-refractivity contribution in [3.05, 3.63) is 112 Å². The van der Waals surface area contributed by atoms with E-state index in [9.17, 15) is 14.4 Å². The van der Waals surface area contributed by atoms with Crippen LogP contribution in [0.4, 0.5) is 5.69 Å². The molecule has 0 radical (unpaired) electrons.